The van der Waals surface area contributed by atoms with Gasteiger partial charge in [-0.2, -0.15) is 0 Å². The molecule has 1 aromatic carbocycles. The molecule has 0 saturated carbocycles. The number of thiophene rings is 1. The van der Waals surface area contributed by atoms with Crippen molar-refractivity contribution in [3.8, 4) is 0 Å². The molecule has 0 unspecified atom stereocenters. The minimum absolute atomic E-state index is 0.0994. The minimum atomic E-state index is -0.543. The lowest BCUT2D eigenvalue weighted by molar-refractivity contribution is 0.0462. The van der Waals surface area contributed by atoms with E-state index in [0.717, 1.165) is 36.1 Å². The van der Waals surface area contributed by atoms with Crippen molar-refractivity contribution < 1.29 is 9.53 Å². The molecule has 0 aliphatic heterocycles. The molecular formula is C18H15ClN2O3S. The Bertz CT molecular complexity index is 1020. The maximum atomic E-state index is 12.5. The third-order valence-electron chi connectivity index (χ3n) is 4.31. The van der Waals surface area contributed by atoms with Crippen molar-refractivity contribution in [1.82, 2.24) is 9.97 Å². The van der Waals surface area contributed by atoms with E-state index >= 15 is 0 Å². The van der Waals surface area contributed by atoms with Gasteiger partial charge in [0.05, 0.1) is 16.0 Å². The average molecular weight is 375 g/mol. The average Bonchev–Trinajstić information content (AvgIpc) is 2.99. The SMILES string of the molecule is O=C(OCc1nc2sc3c(c2c(=O)[nH]1)CCCC3)c1ccccc1Cl. The van der Waals surface area contributed by atoms with E-state index in [2.05, 4.69) is 9.97 Å². The molecular weight excluding hydrogens is 360 g/mol. The molecule has 0 fully saturated rings. The fourth-order valence-electron chi connectivity index (χ4n) is 3.12. The summed E-state index contributed by atoms with van der Waals surface area (Å²) in [6.07, 6.45) is 4.20. The molecule has 0 atom stereocenters. The van der Waals surface area contributed by atoms with Crippen LogP contribution < -0.4 is 5.56 Å². The summed E-state index contributed by atoms with van der Waals surface area (Å²) in [7, 11) is 0. The predicted octanol–water partition coefficient (Wildman–Crippen LogP) is 3.87. The molecule has 0 radical (unpaired) electrons. The molecule has 2 aromatic heterocycles. The first-order valence-corrected chi connectivity index (χ1v) is 9.28. The van der Waals surface area contributed by atoms with Crippen LogP contribution in [0.3, 0.4) is 0 Å². The zero-order valence-corrected chi connectivity index (χ0v) is 14.9. The van der Waals surface area contributed by atoms with Crippen LogP contribution in [0.1, 0.15) is 39.5 Å². The Morgan fingerprint density at radius 3 is 2.92 bits per heavy atom. The molecule has 4 rings (SSSR count). The molecule has 5 nitrogen and oxygen atoms in total. The Morgan fingerprint density at radius 2 is 2.08 bits per heavy atom. The van der Waals surface area contributed by atoms with Gasteiger partial charge in [0.1, 0.15) is 17.3 Å². The molecule has 1 aliphatic carbocycles. The fraction of sp³-hybridized carbons (Fsp3) is 0.278. The minimum Gasteiger partial charge on any atom is -0.454 e. The number of nitrogens with one attached hydrogen (secondary N) is 1. The number of carbonyl (C=O) groups is 1. The van der Waals surface area contributed by atoms with Crippen LogP contribution in [0.4, 0.5) is 0 Å². The number of aromatic amines is 1. The van der Waals surface area contributed by atoms with Gasteiger partial charge in [0.2, 0.25) is 0 Å². The molecule has 128 valence electrons. The Kier molecular flexibility index (Phi) is 4.31. The summed E-state index contributed by atoms with van der Waals surface area (Å²) >= 11 is 7.56. The van der Waals surface area contributed by atoms with Crippen molar-refractivity contribution in [3.63, 3.8) is 0 Å². The number of hydrogen-bond donors (Lipinski definition) is 1. The lowest BCUT2D eigenvalue weighted by Gasteiger charge is -2.09. The predicted molar refractivity (Wildman–Crippen MR) is 97.5 cm³/mol. The Morgan fingerprint density at radius 1 is 1.28 bits per heavy atom. The summed E-state index contributed by atoms with van der Waals surface area (Å²) in [5, 5.41) is 1.02. The summed E-state index contributed by atoms with van der Waals surface area (Å²) < 4.78 is 5.25. The number of rotatable bonds is 3. The molecule has 25 heavy (non-hydrogen) atoms. The van der Waals surface area contributed by atoms with Crippen LogP contribution in [-0.4, -0.2) is 15.9 Å². The van der Waals surface area contributed by atoms with Gasteiger partial charge in [0, 0.05) is 4.88 Å². The Balaban J connectivity index is 1.59. The topological polar surface area (TPSA) is 72.0 Å². The van der Waals surface area contributed by atoms with Gasteiger partial charge in [-0.3, -0.25) is 4.79 Å². The number of esters is 1. The van der Waals surface area contributed by atoms with Gasteiger partial charge >= 0.3 is 5.97 Å². The molecule has 1 N–H and O–H groups in total. The van der Waals surface area contributed by atoms with Crippen LogP contribution >= 0.6 is 22.9 Å². The number of fused-ring (bicyclic) bond motifs is 3. The van der Waals surface area contributed by atoms with Crippen LogP contribution in [0, 0.1) is 0 Å². The molecule has 0 spiro atoms. The molecule has 0 bridgehead atoms. The Hall–Kier alpha value is -2.18. The van der Waals surface area contributed by atoms with Crippen LogP contribution in [0.15, 0.2) is 29.1 Å². The third kappa shape index (κ3) is 3.07. The second kappa shape index (κ2) is 6.61. The summed E-state index contributed by atoms with van der Waals surface area (Å²) in [5.41, 5.74) is 1.27. The standard InChI is InChI=1S/C18H15ClN2O3S/c19-12-7-3-1-5-10(12)18(23)24-9-14-20-16(22)15-11-6-2-4-8-13(11)25-17(15)21-14/h1,3,5,7H,2,4,6,8-9H2,(H,20,21,22). The van der Waals surface area contributed by atoms with E-state index in [1.165, 1.54) is 4.88 Å². The summed E-state index contributed by atoms with van der Waals surface area (Å²) in [6.45, 7) is -0.0994. The second-order valence-corrected chi connectivity index (χ2v) is 7.45. The number of nitrogens with zero attached hydrogens (tertiary/aromatic N) is 1. The van der Waals surface area contributed by atoms with Crippen LogP contribution in [0.5, 0.6) is 0 Å². The van der Waals surface area contributed by atoms with Crippen molar-refractivity contribution in [2.24, 2.45) is 0 Å². The van der Waals surface area contributed by atoms with Gasteiger partial charge in [0.15, 0.2) is 0 Å². The normalized spacial score (nSPS) is 13.6. The van der Waals surface area contributed by atoms with E-state index in [1.807, 2.05) is 0 Å². The van der Waals surface area contributed by atoms with Crippen molar-refractivity contribution in [3.05, 3.63) is 61.5 Å². The van der Waals surface area contributed by atoms with Gasteiger partial charge in [-0.25, -0.2) is 9.78 Å². The van der Waals surface area contributed by atoms with Crippen molar-refractivity contribution >= 4 is 39.1 Å². The quantitative estimate of drug-likeness (QED) is 0.706. The van der Waals surface area contributed by atoms with E-state index in [-0.39, 0.29) is 12.2 Å². The molecule has 0 amide bonds. The van der Waals surface area contributed by atoms with Gasteiger partial charge in [-0.15, -0.1) is 11.3 Å². The highest BCUT2D eigenvalue weighted by Crippen LogP contribution is 2.33. The summed E-state index contributed by atoms with van der Waals surface area (Å²) in [6, 6.07) is 6.67. The number of ether oxygens (including phenoxy) is 1. The Labute approximate surface area is 152 Å². The van der Waals surface area contributed by atoms with Gasteiger partial charge in [0.25, 0.3) is 5.56 Å². The van der Waals surface area contributed by atoms with E-state index in [0.29, 0.717) is 21.8 Å². The monoisotopic (exact) mass is 374 g/mol. The van der Waals surface area contributed by atoms with Crippen molar-refractivity contribution in [2.45, 2.75) is 32.3 Å². The zero-order chi connectivity index (χ0) is 17.4. The number of H-pyrrole nitrogens is 1. The van der Waals surface area contributed by atoms with Gasteiger partial charge in [-0.1, -0.05) is 23.7 Å². The van der Waals surface area contributed by atoms with E-state index in [1.54, 1.807) is 35.6 Å². The lowest BCUT2D eigenvalue weighted by atomic mass is 9.97. The maximum absolute atomic E-state index is 12.5. The number of aromatic nitrogens is 2. The number of carbonyl (C=O) groups excluding carboxylic acids is 1. The van der Waals surface area contributed by atoms with Crippen LogP contribution in [0.2, 0.25) is 5.02 Å². The third-order valence-corrected chi connectivity index (χ3v) is 5.82. The largest absolute Gasteiger partial charge is 0.454 e. The van der Waals surface area contributed by atoms with Crippen LogP contribution in [0.25, 0.3) is 10.2 Å². The van der Waals surface area contributed by atoms with E-state index < -0.39 is 5.97 Å². The fourth-order valence-corrected chi connectivity index (χ4v) is 4.61. The molecule has 7 heteroatoms. The van der Waals surface area contributed by atoms with Crippen LogP contribution in [-0.2, 0) is 24.2 Å². The van der Waals surface area contributed by atoms with E-state index in [9.17, 15) is 9.59 Å². The van der Waals surface area contributed by atoms with Crippen molar-refractivity contribution in [2.75, 3.05) is 0 Å². The maximum Gasteiger partial charge on any atom is 0.340 e. The lowest BCUT2D eigenvalue weighted by Crippen LogP contribution is -2.15. The molecule has 1 aliphatic rings. The van der Waals surface area contributed by atoms with Crippen molar-refractivity contribution in [1.29, 1.82) is 0 Å². The second-order valence-electron chi connectivity index (χ2n) is 5.96. The highest BCUT2D eigenvalue weighted by atomic mass is 35.5. The highest BCUT2D eigenvalue weighted by molar-refractivity contribution is 7.18. The smallest absolute Gasteiger partial charge is 0.340 e. The zero-order valence-electron chi connectivity index (χ0n) is 13.3. The summed E-state index contributed by atoms with van der Waals surface area (Å²) in [4.78, 5) is 33.8. The number of aryl methyl sites for hydroxylation is 2. The number of hydrogen-bond acceptors (Lipinski definition) is 5. The summed E-state index contributed by atoms with van der Waals surface area (Å²) in [5.74, 6) is -0.199. The number of benzene rings is 1. The molecule has 2 heterocycles. The first-order chi connectivity index (χ1) is 12.1. The highest BCUT2D eigenvalue weighted by Gasteiger charge is 2.20. The first kappa shape index (κ1) is 16.3. The molecule has 3 aromatic rings. The molecule has 0 saturated heterocycles. The van der Waals surface area contributed by atoms with Gasteiger partial charge in [-0.05, 0) is 43.4 Å². The number of halogens is 1. The first-order valence-electron chi connectivity index (χ1n) is 8.08. The van der Waals surface area contributed by atoms with Gasteiger partial charge < -0.3 is 9.72 Å². The van der Waals surface area contributed by atoms with E-state index in [4.69, 9.17) is 16.3 Å².